The van der Waals surface area contributed by atoms with Crippen LogP contribution in [0.2, 0.25) is 0 Å². The van der Waals surface area contributed by atoms with Crippen LogP contribution in [0.1, 0.15) is 30.9 Å². The van der Waals surface area contributed by atoms with E-state index in [0.29, 0.717) is 12.3 Å². The summed E-state index contributed by atoms with van der Waals surface area (Å²) in [5.74, 6) is 0.933. The van der Waals surface area contributed by atoms with Gasteiger partial charge in [-0.1, -0.05) is 6.42 Å². The third-order valence-corrected chi connectivity index (χ3v) is 2.60. The Labute approximate surface area is 96.2 Å². The molecule has 90 valence electrons. The number of aromatic hydroxyl groups is 1. The Morgan fingerprint density at radius 3 is 2.75 bits per heavy atom. The van der Waals surface area contributed by atoms with E-state index >= 15 is 0 Å². The number of rotatable bonds is 6. The Balaban J connectivity index is 2.69. The first-order valence-corrected chi connectivity index (χ1v) is 5.51. The van der Waals surface area contributed by atoms with E-state index in [0.717, 1.165) is 24.8 Å². The fourth-order valence-electron chi connectivity index (χ4n) is 1.62. The molecule has 4 heteroatoms. The minimum atomic E-state index is -0.165. The molecule has 1 atom stereocenters. The molecule has 0 radical (unpaired) electrons. The molecule has 4 nitrogen and oxygen atoms in total. The highest BCUT2D eigenvalue weighted by molar-refractivity contribution is 5.41. The lowest BCUT2D eigenvalue weighted by Crippen LogP contribution is -2.11. The van der Waals surface area contributed by atoms with Crippen LogP contribution in [-0.2, 0) is 0 Å². The summed E-state index contributed by atoms with van der Waals surface area (Å²) in [6, 6.07) is 4.94. The summed E-state index contributed by atoms with van der Waals surface area (Å²) in [6.07, 6.45) is 2.74. The quantitative estimate of drug-likeness (QED) is 0.640. The predicted molar refractivity (Wildman–Crippen MR) is 64.5 cm³/mol. The normalized spacial score (nSPS) is 12.4. The molecule has 1 aromatic carbocycles. The van der Waals surface area contributed by atoms with Crippen LogP contribution in [0, 0.1) is 0 Å². The van der Waals surface area contributed by atoms with Crippen LogP contribution < -0.4 is 16.2 Å². The first-order chi connectivity index (χ1) is 7.69. The molecular formula is C12H20N2O2. The zero-order chi connectivity index (χ0) is 12.0. The van der Waals surface area contributed by atoms with Crippen LogP contribution in [0.25, 0.3) is 0 Å². The second kappa shape index (κ2) is 6.35. The average molecular weight is 224 g/mol. The van der Waals surface area contributed by atoms with Crippen LogP contribution in [0.5, 0.6) is 11.5 Å². The predicted octanol–water partition coefficient (Wildman–Crippen LogP) is 1.53. The van der Waals surface area contributed by atoms with Gasteiger partial charge in [-0.05, 0) is 37.6 Å². The molecule has 1 rings (SSSR count). The summed E-state index contributed by atoms with van der Waals surface area (Å²) in [4.78, 5) is 0. The molecule has 0 saturated carbocycles. The Morgan fingerprint density at radius 1 is 1.38 bits per heavy atom. The summed E-state index contributed by atoms with van der Waals surface area (Å²) < 4.78 is 5.10. The third-order valence-electron chi connectivity index (χ3n) is 2.60. The highest BCUT2D eigenvalue weighted by atomic mass is 16.5. The van der Waals surface area contributed by atoms with E-state index < -0.39 is 0 Å². The molecule has 0 aliphatic heterocycles. The molecule has 0 amide bonds. The number of hydrogen-bond donors (Lipinski definition) is 3. The van der Waals surface area contributed by atoms with Crippen LogP contribution >= 0.6 is 0 Å². The lowest BCUT2D eigenvalue weighted by Gasteiger charge is -2.14. The minimum Gasteiger partial charge on any atom is -0.508 e. The molecular weight excluding hydrogens is 204 g/mol. The zero-order valence-corrected chi connectivity index (χ0v) is 9.65. The van der Waals surface area contributed by atoms with E-state index in [1.807, 2.05) is 0 Å². The molecule has 5 N–H and O–H groups in total. The third kappa shape index (κ3) is 3.40. The monoisotopic (exact) mass is 224 g/mol. The number of nitrogens with two attached hydrogens (primary N) is 2. The largest absolute Gasteiger partial charge is 0.508 e. The number of unbranched alkanes of at least 4 members (excludes halogenated alkanes) is 1. The van der Waals surface area contributed by atoms with E-state index in [4.69, 9.17) is 16.2 Å². The fraction of sp³-hybridized carbons (Fsp3) is 0.500. The number of hydrogen-bond acceptors (Lipinski definition) is 4. The molecule has 0 fully saturated rings. The van der Waals surface area contributed by atoms with E-state index in [9.17, 15) is 5.11 Å². The highest BCUT2D eigenvalue weighted by Gasteiger charge is 2.11. The first-order valence-electron chi connectivity index (χ1n) is 5.51. The Hall–Kier alpha value is -1.26. The molecule has 0 unspecified atom stereocenters. The molecule has 0 saturated heterocycles. The van der Waals surface area contributed by atoms with Crippen molar-refractivity contribution in [3.8, 4) is 11.5 Å². The maximum Gasteiger partial charge on any atom is 0.120 e. The van der Waals surface area contributed by atoms with Crippen molar-refractivity contribution in [1.82, 2.24) is 0 Å². The van der Waals surface area contributed by atoms with Crippen molar-refractivity contribution < 1.29 is 9.84 Å². The first kappa shape index (κ1) is 12.8. The van der Waals surface area contributed by atoms with Crippen LogP contribution in [0.3, 0.4) is 0 Å². The molecule has 0 spiro atoms. The molecule has 0 aromatic heterocycles. The van der Waals surface area contributed by atoms with E-state index in [1.54, 1.807) is 25.3 Å². The summed E-state index contributed by atoms with van der Waals surface area (Å²) in [5, 5.41) is 9.70. The number of methoxy groups -OCH3 is 1. The maximum atomic E-state index is 9.70. The second-order valence-electron chi connectivity index (χ2n) is 3.82. The van der Waals surface area contributed by atoms with Gasteiger partial charge in [0.1, 0.15) is 11.5 Å². The number of phenolic OH excluding ortho intramolecular Hbond substituents is 1. The maximum absolute atomic E-state index is 9.70. The highest BCUT2D eigenvalue weighted by Crippen LogP contribution is 2.29. The SMILES string of the molecule is COc1ccc(O)c([C@@H](N)CCCCN)c1. The second-order valence-corrected chi connectivity index (χ2v) is 3.82. The van der Waals surface area contributed by atoms with Crippen molar-refractivity contribution >= 4 is 0 Å². The molecule has 1 aromatic rings. The Bertz CT molecular complexity index is 329. The average Bonchev–Trinajstić information content (AvgIpc) is 2.30. The molecule has 0 heterocycles. The van der Waals surface area contributed by atoms with Crippen LogP contribution in [0.15, 0.2) is 18.2 Å². The van der Waals surface area contributed by atoms with Crippen LogP contribution in [-0.4, -0.2) is 18.8 Å². The van der Waals surface area contributed by atoms with Gasteiger partial charge < -0.3 is 21.3 Å². The van der Waals surface area contributed by atoms with Crippen molar-refractivity contribution in [3.63, 3.8) is 0 Å². The van der Waals surface area contributed by atoms with Gasteiger partial charge in [-0.2, -0.15) is 0 Å². The Morgan fingerprint density at radius 2 is 2.12 bits per heavy atom. The number of ether oxygens (including phenoxy) is 1. The lowest BCUT2D eigenvalue weighted by molar-refractivity contribution is 0.408. The Kier molecular flexibility index (Phi) is 5.08. The fourth-order valence-corrected chi connectivity index (χ4v) is 1.62. The molecule has 0 aliphatic rings. The standard InChI is InChI=1S/C12H20N2O2/c1-16-9-5-6-12(15)10(8-9)11(14)4-2-3-7-13/h5-6,8,11,15H,2-4,7,13-14H2,1H3/t11-/m0/s1. The van der Waals surface area contributed by atoms with Crippen molar-refractivity contribution in [2.24, 2.45) is 11.5 Å². The minimum absolute atomic E-state index is 0.165. The van der Waals surface area contributed by atoms with Crippen molar-refractivity contribution in [1.29, 1.82) is 0 Å². The van der Waals surface area contributed by atoms with Gasteiger partial charge in [0, 0.05) is 11.6 Å². The van der Waals surface area contributed by atoms with Crippen LogP contribution in [0.4, 0.5) is 0 Å². The van der Waals surface area contributed by atoms with Gasteiger partial charge in [0.25, 0.3) is 0 Å². The summed E-state index contributed by atoms with van der Waals surface area (Å²) in [5.41, 5.74) is 12.2. The topological polar surface area (TPSA) is 81.5 Å². The summed E-state index contributed by atoms with van der Waals surface area (Å²) in [7, 11) is 1.59. The van der Waals surface area contributed by atoms with Crippen molar-refractivity contribution in [2.75, 3.05) is 13.7 Å². The smallest absolute Gasteiger partial charge is 0.120 e. The number of phenols is 1. The lowest BCUT2D eigenvalue weighted by atomic mass is 10.0. The summed E-state index contributed by atoms with van der Waals surface area (Å²) >= 11 is 0. The summed E-state index contributed by atoms with van der Waals surface area (Å²) in [6.45, 7) is 0.677. The number of benzene rings is 1. The van der Waals surface area contributed by atoms with E-state index in [1.165, 1.54) is 0 Å². The van der Waals surface area contributed by atoms with E-state index in [-0.39, 0.29) is 11.8 Å². The van der Waals surface area contributed by atoms with Gasteiger partial charge >= 0.3 is 0 Å². The van der Waals surface area contributed by atoms with Gasteiger partial charge in [0.05, 0.1) is 7.11 Å². The van der Waals surface area contributed by atoms with Gasteiger partial charge in [-0.15, -0.1) is 0 Å². The van der Waals surface area contributed by atoms with Gasteiger partial charge in [0.2, 0.25) is 0 Å². The molecule has 0 aliphatic carbocycles. The van der Waals surface area contributed by atoms with Crippen molar-refractivity contribution in [2.45, 2.75) is 25.3 Å². The van der Waals surface area contributed by atoms with Gasteiger partial charge in [-0.25, -0.2) is 0 Å². The van der Waals surface area contributed by atoms with Crippen molar-refractivity contribution in [3.05, 3.63) is 23.8 Å². The van der Waals surface area contributed by atoms with Gasteiger partial charge in [0.15, 0.2) is 0 Å². The van der Waals surface area contributed by atoms with E-state index in [2.05, 4.69) is 0 Å². The zero-order valence-electron chi connectivity index (χ0n) is 9.65. The van der Waals surface area contributed by atoms with Gasteiger partial charge in [-0.3, -0.25) is 0 Å². The molecule has 16 heavy (non-hydrogen) atoms. The molecule has 0 bridgehead atoms.